The largest absolute Gasteiger partial charge is 0.468 e. The van der Waals surface area contributed by atoms with Gasteiger partial charge in [-0.2, -0.15) is 0 Å². The van der Waals surface area contributed by atoms with E-state index in [4.69, 9.17) is 9.47 Å². The van der Waals surface area contributed by atoms with Gasteiger partial charge in [-0.3, -0.25) is 4.79 Å². The van der Waals surface area contributed by atoms with Crippen LogP contribution in [-0.4, -0.2) is 32.8 Å². The number of carbonyl (C=O) groups is 1. The average molecular weight is 320 g/mol. The van der Waals surface area contributed by atoms with Crippen LogP contribution in [-0.2, 0) is 20.8 Å². The minimum absolute atomic E-state index is 0.191. The Bertz CT molecular complexity index is 403. The van der Waals surface area contributed by atoms with Crippen LogP contribution in [0.2, 0.25) is 0 Å². The van der Waals surface area contributed by atoms with Crippen LogP contribution in [0, 0.1) is 5.41 Å². The summed E-state index contributed by atoms with van der Waals surface area (Å²) in [5, 5.41) is 5.32. The molecule has 0 bridgehead atoms. The zero-order chi connectivity index (χ0) is 12.3. The molecule has 6 heteroatoms. The molecule has 17 heavy (non-hydrogen) atoms. The molecule has 0 saturated carbocycles. The molecular weight excluding hydrogens is 306 g/mol. The molecule has 0 radical (unpaired) electrons. The Morgan fingerprint density at radius 3 is 2.94 bits per heavy atom. The van der Waals surface area contributed by atoms with E-state index in [0.717, 1.165) is 11.0 Å². The van der Waals surface area contributed by atoms with Crippen molar-refractivity contribution in [2.24, 2.45) is 5.41 Å². The highest BCUT2D eigenvalue weighted by molar-refractivity contribution is 9.10. The first-order valence-corrected chi connectivity index (χ1v) is 6.93. The average Bonchev–Trinajstić information content (AvgIpc) is 2.67. The van der Waals surface area contributed by atoms with Gasteiger partial charge in [0, 0.05) is 27.8 Å². The minimum atomic E-state index is -0.483. The van der Waals surface area contributed by atoms with Crippen molar-refractivity contribution in [2.45, 2.75) is 6.54 Å². The first kappa shape index (κ1) is 13.0. The predicted molar refractivity (Wildman–Crippen MR) is 69.0 cm³/mol. The fraction of sp³-hybridized carbons (Fsp3) is 0.545. The molecule has 94 valence electrons. The van der Waals surface area contributed by atoms with Gasteiger partial charge < -0.3 is 14.8 Å². The lowest BCUT2D eigenvalue weighted by Crippen LogP contribution is -2.55. The quantitative estimate of drug-likeness (QED) is 0.841. The number of thiophene rings is 1. The van der Waals surface area contributed by atoms with Crippen LogP contribution in [0.5, 0.6) is 0 Å². The fourth-order valence-electron chi connectivity index (χ4n) is 1.73. The third kappa shape index (κ3) is 2.88. The van der Waals surface area contributed by atoms with E-state index in [1.54, 1.807) is 11.3 Å². The molecule has 0 spiro atoms. The Morgan fingerprint density at radius 1 is 1.71 bits per heavy atom. The van der Waals surface area contributed by atoms with E-state index < -0.39 is 5.41 Å². The van der Waals surface area contributed by atoms with E-state index in [-0.39, 0.29) is 5.97 Å². The summed E-state index contributed by atoms with van der Waals surface area (Å²) in [6, 6.07) is 2.07. The van der Waals surface area contributed by atoms with Crippen LogP contribution >= 0.6 is 27.3 Å². The van der Waals surface area contributed by atoms with Crippen molar-refractivity contribution in [1.29, 1.82) is 0 Å². The van der Waals surface area contributed by atoms with Crippen LogP contribution < -0.4 is 5.32 Å². The molecule has 1 aliphatic rings. The third-order valence-electron chi connectivity index (χ3n) is 2.76. The van der Waals surface area contributed by atoms with Crippen molar-refractivity contribution in [2.75, 3.05) is 26.9 Å². The molecular formula is C11H14BrNO3S. The van der Waals surface area contributed by atoms with Crippen molar-refractivity contribution in [3.8, 4) is 0 Å². The van der Waals surface area contributed by atoms with Crippen LogP contribution in [0.4, 0.5) is 0 Å². The molecule has 0 atom stereocenters. The number of hydrogen-bond acceptors (Lipinski definition) is 5. The summed E-state index contributed by atoms with van der Waals surface area (Å²) in [5.74, 6) is -0.191. The van der Waals surface area contributed by atoms with Gasteiger partial charge in [-0.05, 0) is 22.0 Å². The van der Waals surface area contributed by atoms with Gasteiger partial charge in [0.05, 0.1) is 20.3 Å². The third-order valence-corrected chi connectivity index (χ3v) is 4.46. The number of esters is 1. The molecule has 1 aromatic heterocycles. The van der Waals surface area contributed by atoms with Gasteiger partial charge in [-0.25, -0.2) is 0 Å². The van der Waals surface area contributed by atoms with Crippen LogP contribution in [0.1, 0.15) is 4.88 Å². The molecule has 0 aliphatic carbocycles. The fourth-order valence-corrected chi connectivity index (χ4v) is 3.15. The second-order valence-electron chi connectivity index (χ2n) is 4.10. The Hall–Kier alpha value is -0.430. The summed E-state index contributed by atoms with van der Waals surface area (Å²) < 4.78 is 11.0. The SMILES string of the molecule is COC(=O)C1(CNCc2cc(Br)cs2)COC1. The van der Waals surface area contributed by atoms with E-state index in [0.29, 0.717) is 19.8 Å². The first-order valence-electron chi connectivity index (χ1n) is 5.26. The standard InChI is InChI=1S/C11H14BrNO3S/c1-15-10(14)11(6-16-7-11)5-13-3-9-2-8(12)4-17-9/h2,4,13H,3,5-7H2,1H3. The first-order chi connectivity index (χ1) is 8.16. The molecule has 2 heterocycles. The minimum Gasteiger partial charge on any atom is -0.468 e. The Labute approximate surface area is 112 Å². The van der Waals surface area contributed by atoms with Crippen molar-refractivity contribution in [3.63, 3.8) is 0 Å². The monoisotopic (exact) mass is 319 g/mol. The summed E-state index contributed by atoms with van der Waals surface area (Å²) >= 11 is 5.09. The molecule has 4 nitrogen and oxygen atoms in total. The number of ether oxygens (including phenoxy) is 2. The second kappa shape index (κ2) is 5.48. The highest BCUT2D eigenvalue weighted by Gasteiger charge is 2.46. The number of nitrogens with one attached hydrogen (secondary N) is 1. The van der Waals surface area contributed by atoms with E-state index in [9.17, 15) is 4.79 Å². The molecule has 1 saturated heterocycles. The van der Waals surface area contributed by atoms with Gasteiger partial charge in [-0.1, -0.05) is 0 Å². The summed E-state index contributed by atoms with van der Waals surface area (Å²) in [5.41, 5.74) is -0.483. The van der Waals surface area contributed by atoms with Gasteiger partial charge in [0.1, 0.15) is 5.41 Å². The number of hydrogen-bond donors (Lipinski definition) is 1. The lowest BCUT2D eigenvalue weighted by Gasteiger charge is -2.38. The number of carbonyl (C=O) groups excluding carboxylic acids is 1. The highest BCUT2D eigenvalue weighted by atomic mass is 79.9. The van der Waals surface area contributed by atoms with E-state index in [2.05, 4.69) is 27.3 Å². The summed E-state index contributed by atoms with van der Waals surface area (Å²) in [4.78, 5) is 12.8. The summed E-state index contributed by atoms with van der Waals surface area (Å²) in [6.07, 6.45) is 0. The molecule has 2 rings (SSSR count). The van der Waals surface area contributed by atoms with Crippen molar-refractivity contribution >= 4 is 33.2 Å². The maximum absolute atomic E-state index is 11.6. The van der Waals surface area contributed by atoms with Gasteiger partial charge in [0.25, 0.3) is 0 Å². The van der Waals surface area contributed by atoms with Crippen molar-refractivity contribution < 1.29 is 14.3 Å². The van der Waals surface area contributed by atoms with Crippen molar-refractivity contribution in [1.82, 2.24) is 5.32 Å². The van der Waals surface area contributed by atoms with E-state index in [1.807, 2.05) is 5.38 Å². The van der Waals surface area contributed by atoms with E-state index in [1.165, 1.54) is 12.0 Å². The second-order valence-corrected chi connectivity index (χ2v) is 6.01. The Morgan fingerprint density at radius 2 is 2.47 bits per heavy atom. The maximum Gasteiger partial charge on any atom is 0.317 e. The molecule has 1 aliphatic heterocycles. The lowest BCUT2D eigenvalue weighted by atomic mass is 9.86. The number of rotatable bonds is 5. The molecule has 1 fully saturated rings. The summed E-state index contributed by atoms with van der Waals surface area (Å²) in [7, 11) is 1.42. The van der Waals surface area contributed by atoms with Crippen LogP contribution in [0.15, 0.2) is 15.9 Å². The lowest BCUT2D eigenvalue weighted by molar-refractivity contribution is -0.182. The zero-order valence-electron chi connectivity index (χ0n) is 9.49. The molecule has 0 unspecified atom stereocenters. The van der Waals surface area contributed by atoms with E-state index >= 15 is 0 Å². The van der Waals surface area contributed by atoms with Gasteiger partial charge >= 0.3 is 5.97 Å². The molecule has 1 N–H and O–H groups in total. The maximum atomic E-state index is 11.6. The van der Waals surface area contributed by atoms with Gasteiger partial charge in [0.2, 0.25) is 0 Å². The predicted octanol–water partition coefficient (Wildman–Crippen LogP) is 1.79. The van der Waals surface area contributed by atoms with Crippen LogP contribution in [0.3, 0.4) is 0 Å². The highest BCUT2D eigenvalue weighted by Crippen LogP contribution is 2.28. The number of methoxy groups -OCH3 is 1. The topological polar surface area (TPSA) is 47.6 Å². The molecule has 0 amide bonds. The Kier molecular flexibility index (Phi) is 4.19. The zero-order valence-corrected chi connectivity index (χ0v) is 11.9. The molecule has 1 aromatic rings. The normalized spacial score (nSPS) is 17.5. The van der Waals surface area contributed by atoms with Gasteiger partial charge in [0.15, 0.2) is 0 Å². The Balaban J connectivity index is 1.83. The smallest absolute Gasteiger partial charge is 0.317 e. The van der Waals surface area contributed by atoms with Crippen LogP contribution in [0.25, 0.3) is 0 Å². The summed E-state index contributed by atoms with van der Waals surface area (Å²) in [6.45, 7) is 2.24. The van der Waals surface area contributed by atoms with Gasteiger partial charge in [-0.15, -0.1) is 11.3 Å². The molecule has 0 aromatic carbocycles. The van der Waals surface area contributed by atoms with Crippen molar-refractivity contribution in [3.05, 3.63) is 20.8 Å². The number of halogens is 1.